The Morgan fingerprint density at radius 1 is 1.00 bits per heavy atom. The smallest absolute Gasteiger partial charge is 0.253 e. The molecule has 8 nitrogen and oxygen atoms in total. The highest BCUT2D eigenvalue weighted by Gasteiger charge is 2.28. The first-order chi connectivity index (χ1) is 20.5. The van der Waals surface area contributed by atoms with Crippen molar-refractivity contribution in [2.45, 2.75) is 91.8 Å². The van der Waals surface area contributed by atoms with Gasteiger partial charge < -0.3 is 25.0 Å². The lowest BCUT2D eigenvalue weighted by Gasteiger charge is -2.40. The Bertz CT molecular complexity index is 1430. The fraction of sp³-hybridized carbons (Fsp3) is 0.571. The van der Waals surface area contributed by atoms with E-state index in [1.807, 2.05) is 37.8 Å². The lowest BCUT2D eigenvalue weighted by Crippen LogP contribution is -2.42. The van der Waals surface area contributed by atoms with E-state index in [0.717, 1.165) is 86.2 Å². The maximum Gasteiger partial charge on any atom is 0.253 e. The molecule has 232 valence electrons. The quantitative estimate of drug-likeness (QED) is 0.465. The van der Waals surface area contributed by atoms with E-state index in [1.165, 1.54) is 0 Å². The number of piperidine rings is 1. The van der Waals surface area contributed by atoms with Crippen LogP contribution in [0.3, 0.4) is 0 Å². The third-order valence-corrected chi connectivity index (χ3v) is 9.39. The SMILES string of the molecule is CCN(c1cc(C#CC2CCN(C(C)=O)CC2)cc(C(=O)NCc2c(C)cc(C)[nH]c2=O)c1C)[C@H]1CC[C@H](N(C)C)CC1. The van der Waals surface area contributed by atoms with Gasteiger partial charge in [-0.1, -0.05) is 11.8 Å². The number of amides is 2. The van der Waals surface area contributed by atoms with Crippen molar-refractivity contribution in [3.8, 4) is 11.8 Å². The molecule has 2 heterocycles. The van der Waals surface area contributed by atoms with Crippen molar-refractivity contribution < 1.29 is 9.59 Å². The Labute approximate surface area is 257 Å². The monoisotopic (exact) mass is 587 g/mol. The molecule has 1 aliphatic carbocycles. The van der Waals surface area contributed by atoms with Gasteiger partial charge in [0.25, 0.3) is 11.5 Å². The van der Waals surface area contributed by atoms with Crippen LogP contribution in [0.2, 0.25) is 0 Å². The zero-order valence-electron chi connectivity index (χ0n) is 27.1. The first kappa shape index (κ1) is 32.3. The number of nitrogens with one attached hydrogen (secondary N) is 2. The molecule has 1 saturated carbocycles. The molecule has 0 unspecified atom stereocenters. The predicted octanol–water partition coefficient (Wildman–Crippen LogP) is 4.54. The Morgan fingerprint density at radius 2 is 1.65 bits per heavy atom. The number of likely N-dealkylation sites (tertiary alicyclic amines) is 1. The number of hydrogen-bond acceptors (Lipinski definition) is 5. The van der Waals surface area contributed by atoms with Gasteiger partial charge in [-0.25, -0.2) is 0 Å². The number of nitrogens with zero attached hydrogens (tertiary/aromatic N) is 3. The van der Waals surface area contributed by atoms with Gasteiger partial charge in [-0.2, -0.15) is 0 Å². The lowest BCUT2D eigenvalue weighted by atomic mass is 9.88. The van der Waals surface area contributed by atoms with Crippen molar-refractivity contribution in [3.05, 3.63) is 62.1 Å². The number of aromatic amines is 1. The van der Waals surface area contributed by atoms with E-state index >= 15 is 0 Å². The summed E-state index contributed by atoms with van der Waals surface area (Å²) < 4.78 is 0. The molecule has 2 aromatic rings. The Balaban J connectivity index is 1.64. The number of hydrogen-bond donors (Lipinski definition) is 2. The minimum Gasteiger partial charge on any atom is -0.369 e. The number of benzene rings is 1. The Hall–Kier alpha value is -3.57. The Kier molecular flexibility index (Phi) is 10.7. The van der Waals surface area contributed by atoms with Crippen LogP contribution in [0.15, 0.2) is 23.0 Å². The first-order valence-electron chi connectivity index (χ1n) is 15.8. The molecule has 2 fully saturated rings. The van der Waals surface area contributed by atoms with Crippen molar-refractivity contribution in [1.82, 2.24) is 20.1 Å². The molecule has 0 bridgehead atoms. The number of anilines is 1. The molecule has 8 heteroatoms. The molecule has 4 rings (SSSR count). The predicted molar refractivity (Wildman–Crippen MR) is 173 cm³/mol. The van der Waals surface area contributed by atoms with Gasteiger partial charge in [0.05, 0.1) is 0 Å². The Morgan fingerprint density at radius 3 is 2.23 bits per heavy atom. The van der Waals surface area contributed by atoms with Gasteiger partial charge in [0.2, 0.25) is 5.91 Å². The van der Waals surface area contributed by atoms with Gasteiger partial charge in [-0.3, -0.25) is 14.4 Å². The molecule has 0 radical (unpaired) electrons. The van der Waals surface area contributed by atoms with Crippen LogP contribution in [0.25, 0.3) is 0 Å². The fourth-order valence-corrected chi connectivity index (χ4v) is 6.71. The second-order valence-corrected chi connectivity index (χ2v) is 12.6. The van der Waals surface area contributed by atoms with Crippen LogP contribution in [0.1, 0.15) is 90.7 Å². The van der Waals surface area contributed by atoms with E-state index in [0.29, 0.717) is 23.2 Å². The number of carbonyl (C=O) groups is 2. The molecule has 1 aliphatic heterocycles. The van der Waals surface area contributed by atoms with Crippen LogP contribution in [0, 0.1) is 38.5 Å². The molecule has 1 saturated heterocycles. The summed E-state index contributed by atoms with van der Waals surface area (Å²) in [6.07, 6.45) is 6.25. The van der Waals surface area contributed by atoms with Crippen LogP contribution in [0.5, 0.6) is 0 Å². The van der Waals surface area contributed by atoms with Gasteiger partial charge in [-0.15, -0.1) is 0 Å². The second-order valence-electron chi connectivity index (χ2n) is 12.6. The molecule has 1 aromatic heterocycles. The highest BCUT2D eigenvalue weighted by Crippen LogP contribution is 2.33. The summed E-state index contributed by atoms with van der Waals surface area (Å²) in [5.41, 5.74) is 5.47. The van der Waals surface area contributed by atoms with Gasteiger partial charge >= 0.3 is 0 Å². The second kappa shape index (κ2) is 14.3. The number of carbonyl (C=O) groups excluding carboxylic acids is 2. The standard InChI is InChI=1S/C35H49N5O3/c1-8-40(30-13-11-29(12-14-30)38(6)7)33-21-28(10-9-27-15-17-39(18-16-27)26(5)41)20-31(25(33)4)34(42)36-22-32-23(2)19-24(3)37-35(32)43/h19-21,27,29-30H,8,11-18,22H2,1-7H3,(H,36,42)(H,37,43)/t29-,30-. The normalized spacial score (nSPS) is 19.1. The summed E-state index contributed by atoms with van der Waals surface area (Å²) in [6.45, 7) is 12.1. The fourth-order valence-electron chi connectivity index (χ4n) is 6.71. The maximum absolute atomic E-state index is 13.7. The molecular formula is C35H49N5O3. The van der Waals surface area contributed by atoms with E-state index in [1.54, 1.807) is 6.92 Å². The number of H-pyrrole nitrogens is 1. The summed E-state index contributed by atoms with van der Waals surface area (Å²) in [7, 11) is 4.32. The highest BCUT2D eigenvalue weighted by molar-refractivity contribution is 5.97. The molecule has 0 atom stereocenters. The van der Waals surface area contributed by atoms with E-state index in [9.17, 15) is 14.4 Å². The maximum atomic E-state index is 13.7. The van der Waals surface area contributed by atoms with Crippen molar-refractivity contribution in [2.75, 3.05) is 38.6 Å². The van der Waals surface area contributed by atoms with Crippen LogP contribution < -0.4 is 15.8 Å². The molecule has 2 aliphatic rings. The van der Waals surface area contributed by atoms with Gasteiger partial charge in [-0.05, 0) is 110 Å². The average Bonchev–Trinajstić information content (AvgIpc) is 2.97. The van der Waals surface area contributed by atoms with Gasteiger partial charge in [0.15, 0.2) is 0 Å². The molecule has 43 heavy (non-hydrogen) atoms. The summed E-state index contributed by atoms with van der Waals surface area (Å²) in [6, 6.07) is 6.99. The van der Waals surface area contributed by atoms with Crippen molar-refractivity contribution >= 4 is 17.5 Å². The zero-order chi connectivity index (χ0) is 31.3. The van der Waals surface area contributed by atoms with Crippen LogP contribution >= 0.6 is 0 Å². The van der Waals surface area contributed by atoms with Crippen molar-refractivity contribution in [1.29, 1.82) is 0 Å². The van der Waals surface area contributed by atoms with Crippen LogP contribution in [-0.4, -0.2) is 72.4 Å². The van der Waals surface area contributed by atoms with Gasteiger partial charge in [0.1, 0.15) is 0 Å². The molecule has 2 N–H and O–H groups in total. The zero-order valence-corrected chi connectivity index (χ0v) is 27.1. The van der Waals surface area contributed by atoms with E-state index in [-0.39, 0.29) is 29.8 Å². The lowest BCUT2D eigenvalue weighted by molar-refractivity contribution is -0.129. The number of aromatic nitrogens is 1. The summed E-state index contributed by atoms with van der Waals surface area (Å²) >= 11 is 0. The highest BCUT2D eigenvalue weighted by atomic mass is 16.2. The summed E-state index contributed by atoms with van der Waals surface area (Å²) in [5, 5.41) is 3.02. The van der Waals surface area contributed by atoms with Crippen LogP contribution in [-0.2, 0) is 11.3 Å². The number of pyridine rings is 1. The van der Waals surface area contributed by atoms with E-state index in [4.69, 9.17) is 0 Å². The third kappa shape index (κ3) is 7.88. The largest absolute Gasteiger partial charge is 0.369 e. The minimum absolute atomic E-state index is 0.118. The summed E-state index contributed by atoms with van der Waals surface area (Å²) in [4.78, 5) is 47.6. The molecule has 0 spiro atoms. The van der Waals surface area contributed by atoms with Gasteiger partial charge in [0, 0.05) is 79.2 Å². The van der Waals surface area contributed by atoms with E-state index < -0.39 is 0 Å². The average molecular weight is 588 g/mol. The number of aryl methyl sites for hydroxylation is 2. The van der Waals surface area contributed by atoms with Crippen molar-refractivity contribution in [3.63, 3.8) is 0 Å². The number of rotatable bonds is 7. The van der Waals surface area contributed by atoms with Crippen molar-refractivity contribution in [2.24, 2.45) is 5.92 Å². The first-order valence-corrected chi connectivity index (χ1v) is 15.8. The molecule has 2 amide bonds. The molecule has 1 aromatic carbocycles. The third-order valence-electron chi connectivity index (χ3n) is 9.39. The van der Waals surface area contributed by atoms with Crippen LogP contribution in [0.4, 0.5) is 5.69 Å². The topological polar surface area (TPSA) is 88.7 Å². The summed E-state index contributed by atoms with van der Waals surface area (Å²) in [5.74, 6) is 6.99. The molecular weight excluding hydrogens is 538 g/mol. The van der Waals surface area contributed by atoms with E-state index in [2.05, 4.69) is 59.0 Å². The minimum atomic E-state index is -0.205.